The highest BCUT2D eigenvalue weighted by atomic mass is 32.1. The van der Waals surface area contributed by atoms with E-state index in [9.17, 15) is 4.79 Å². The molecule has 19 heavy (non-hydrogen) atoms. The Morgan fingerprint density at radius 3 is 3.11 bits per heavy atom. The van der Waals surface area contributed by atoms with Gasteiger partial charge in [-0.25, -0.2) is 4.98 Å². The van der Waals surface area contributed by atoms with E-state index in [1.807, 2.05) is 18.2 Å². The van der Waals surface area contributed by atoms with E-state index >= 15 is 0 Å². The number of anilines is 2. The van der Waals surface area contributed by atoms with Gasteiger partial charge in [-0.1, -0.05) is 0 Å². The van der Waals surface area contributed by atoms with Gasteiger partial charge in [0, 0.05) is 17.1 Å². The van der Waals surface area contributed by atoms with E-state index in [2.05, 4.69) is 10.3 Å². The molecule has 0 bridgehead atoms. The fourth-order valence-electron chi connectivity index (χ4n) is 1.70. The molecule has 6 nitrogen and oxygen atoms in total. The topological polar surface area (TPSA) is 80.7 Å². The smallest absolute Gasteiger partial charge is 0.309 e. The van der Waals surface area contributed by atoms with Crippen LogP contribution >= 0.6 is 11.3 Å². The normalized spacial score (nSPS) is 12.4. The Morgan fingerprint density at radius 2 is 2.26 bits per heavy atom. The summed E-state index contributed by atoms with van der Waals surface area (Å²) in [5.74, 6) is 0.517. The van der Waals surface area contributed by atoms with Gasteiger partial charge in [-0.05, 0) is 12.1 Å². The lowest BCUT2D eigenvalue weighted by atomic mass is 10.3. The molecule has 0 spiro atoms. The molecule has 2 N–H and O–H groups in total. The molecule has 0 unspecified atom stereocenters. The van der Waals surface area contributed by atoms with E-state index in [1.54, 1.807) is 5.38 Å². The molecule has 1 aromatic carbocycles. The standard InChI is InChI=1S/C12H10N2O4S/c15-11(16)4-8-5-19-12(14-8)13-7-1-2-9-10(3-7)18-6-17-9/h1-3,5H,4,6H2,(H,13,14)(H,15,16). The lowest BCUT2D eigenvalue weighted by Gasteiger charge is -2.03. The van der Waals surface area contributed by atoms with Crippen LogP contribution in [-0.4, -0.2) is 22.9 Å². The SMILES string of the molecule is O=C(O)Cc1csc(Nc2ccc3c(c2)OCO3)n1. The minimum atomic E-state index is -0.889. The summed E-state index contributed by atoms with van der Waals surface area (Å²) in [6, 6.07) is 5.49. The van der Waals surface area contributed by atoms with Crippen molar-refractivity contribution in [3.63, 3.8) is 0 Å². The van der Waals surface area contributed by atoms with Crippen molar-refractivity contribution in [1.82, 2.24) is 4.98 Å². The molecule has 0 saturated carbocycles. The van der Waals surface area contributed by atoms with E-state index in [0.29, 0.717) is 16.6 Å². The molecule has 0 saturated heterocycles. The van der Waals surface area contributed by atoms with Gasteiger partial charge in [-0.15, -0.1) is 11.3 Å². The summed E-state index contributed by atoms with van der Waals surface area (Å²) >= 11 is 1.36. The number of hydrogen-bond acceptors (Lipinski definition) is 6. The largest absolute Gasteiger partial charge is 0.481 e. The van der Waals surface area contributed by atoms with Crippen LogP contribution < -0.4 is 14.8 Å². The first-order valence-electron chi connectivity index (χ1n) is 5.53. The van der Waals surface area contributed by atoms with Gasteiger partial charge < -0.3 is 19.9 Å². The van der Waals surface area contributed by atoms with Crippen molar-refractivity contribution in [3.05, 3.63) is 29.3 Å². The number of ether oxygens (including phenoxy) is 2. The molecule has 7 heteroatoms. The van der Waals surface area contributed by atoms with Crippen LogP contribution in [0.4, 0.5) is 10.8 Å². The summed E-state index contributed by atoms with van der Waals surface area (Å²) in [6.45, 7) is 0.235. The summed E-state index contributed by atoms with van der Waals surface area (Å²) in [6.07, 6.45) is -0.0701. The number of aliphatic carboxylic acids is 1. The molecule has 3 rings (SSSR count). The van der Waals surface area contributed by atoms with Crippen LogP contribution in [0.1, 0.15) is 5.69 Å². The molecule has 0 radical (unpaired) electrons. The van der Waals surface area contributed by atoms with Gasteiger partial charge in [0.1, 0.15) is 0 Å². The molecular weight excluding hydrogens is 268 g/mol. The van der Waals surface area contributed by atoms with Crippen molar-refractivity contribution in [2.45, 2.75) is 6.42 Å². The van der Waals surface area contributed by atoms with Crippen molar-refractivity contribution in [1.29, 1.82) is 0 Å². The van der Waals surface area contributed by atoms with Gasteiger partial charge in [0.25, 0.3) is 0 Å². The fourth-order valence-corrected chi connectivity index (χ4v) is 2.43. The van der Waals surface area contributed by atoms with Crippen molar-refractivity contribution < 1.29 is 19.4 Å². The summed E-state index contributed by atoms with van der Waals surface area (Å²) < 4.78 is 10.5. The predicted octanol–water partition coefficient (Wildman–Crippen LogP) is 2.24. The number of rotatable bonds is 4. The third-order valence-corrected chi connectivity index (χ3v) is 3.31. The maximum atomic E-state index is 10.6. The van der Waals surface area contributed by atoms with E-state index in [0.717, 1.165) is 11.4 Å². The van der Waals surface area contributed by atoms with Crippen LogP contribution in [0.5, 0.6) is 11.5 Å². The molecule has 0 aliphatic carbocycles. The highest BCUT2D eigenvalue weighted by Gasteiger charge is 2.14. The Bertz CT molecular complexity index is 626. The minimum absolute atomic E-state index is 0.0701. The summed E-state index contributed by atoms with van der Waals surface area (Å²) in [7, 11) is 0. The van der Waals surface area contributed by atoms with Gasteiger partial charge in [0.15, 0.2) is 16.6 Å². The second-order valence-electron chi connectivity index (χ2n) is 3.91. The van der Waals surface area contributed by atoms with Crippen LogP contribution in [0.3, 0.4) is 0 Å². The average molecular weight is 278 g/mol. The number of benzene rings is 1. The molecule has 1 aromatic heterocycles. The summed E-state index contributed by atoms with van der Waals surface area (Å²) in [4.78, 5) is 14.8. The van der Waals surface area contributed by atoms with Crippen molar-refractivity contribution >= 4 is 28.1 Å². The molecule has 2 heterocycles. The van der Waals surface area contributed by atoms with E-state index in [-0.39, 0.29) is 13.2 Å². The van der Waals surface area contributed by atoms with Crippen molar-refractivity contribution in [3.8, 4) is 11.5 Å². The third-order valence-electron chi connectivity index (χ3n) is 2.51. The highest BCUT2D eigenvalue weighted by Crippen LogP contribution is 2.35. The van der Waals surface area contributed by atoms with Gasteiger partial charge in [-0.3, -0.25) is 4.79 Å². The summed E-state index contributed by atoms with van der Waals surface area (Å²) in [5.41, 5.74) is 1.36. The first-order valence-corrected chi connectivity index (χ1v) is 6.41. The quantitative estimate of drug-likeness (QED) is 0.892. The zero-order valence-electron chi connectivity index (χ0n) is 9.75. The fraction of sp³-hybridized carbons (Fsp3) is 0.167. The van der Waals surface area contributed by atoms with E-state index < -0.39 is 5.97 Å². The molecule has 1 aliphatic heterocycles. The first-order chi connectivity index (χ1) is 9.20. The van der Waals surface area contributed by atoms with Crippen LogP contribution in [0, 0.1) is 0 Å². The number of carbonyl (C=O) groups is 1. The van der Waals surface area contributed by atoms with Crippen molar-refractivity contribution in [2.75, 3.05) is 12.1 Å². The van der Waals surface area contributed by atoms with Crippen LogP contribution in [0.15, 0.2) is 23.6 Å². The molecule has 1 aliphatic rings. The Hall–Kier alpha value is -2.28. The highest BCUT2D eigenvalue weighted by molar-refractivity contribution is 7.13. The third kappa shape index (κ3) is 2.60. The van der Waals surface area contributed by atoms with Gasteiger partial charge in [0.05, 0.1) is 12.1 Å². The van der Waals surface area contributed by atoms with E-state index in [4.69, 9.17) is 14.6 Å². The van der Waals surface area contributed by atoms with Crippen LogP contribution in [0.2, 0.25) is 0 Å². The Labute approximate surface area is 112 Å². The lowest BCUT2D eigenvalue weighted by Crippen LogP contribution is -2.00. The number of thiazole rings is 1. The number of carboxylic acid groups (broad SMARTS) is 1. The Kier molecular flexibility index (Phi) is 2.96. The number of nitrogens with one attached hydrogen (secondary N) is 1. The van der Waals surface area contributed by atoms with Gasteiger partial charge in [-0.2, -0.15) is 0 Å². The predicted molar refractivity (Wildman–Crippen MR) is 69.3 cm³/mol. The maximum Gasteiger partial charge on any atom is 0.309 e. The average Bonchev–Trinajstić information content (AvgIpc) is 2.97. The van der Waals surface area contributed by atoms with Crippen LogP contribution in [0.25, 0.3) is 0 Å². The summed E-state index contributed by atoms with van der Waals surface area (Å²) in [5, 5.41) is 14.2. The molecule has 0 fully saturated rings. The Morgan fingerprint density at radius 1 is 1.42 bits per heavy atom. The molecule has 2 aromatic rings. The number of aromatic nitrogens is 1. The molecule has 98 valence electrons. The molecule has 0 amide bonds. The second kappa shape index (κ2) is 4.77. The van der Waals surface area contributed by atoms with Gasteiger partial charge in [0.2, 0.25) is 6.79 Å². The number of carboxylic acids is 1. The van der Waals surface area contributed by atoms with E-state index in [1.165, 1.54) is 11.3 Å². The monoisotopic (exact) mass is 278 g/mol. The first kappa shape index (κ1) is 11.8. The Balaban J connectivity index is 1.74. The minimum Gasteiger partial charge on any atom is -0.481 e. The zero-order valence-corrected chi connectivity index (χ0v) is 10.6. The molecular formula is C12H10N2O4S. The van der Waals surface area contributed by atoms with Crippen LogP contribution in [-0.2, 0) is 11.2 Å². The maximum absolute atomic E-state index is 10.6. The lowest BCUT2D eigenvalue weighted by molar-refractivity contribution is -0.136. The zero-order chi connectivity index (χ0) is 13.2. The number of hydrogen-bond donors (Lipinski definition) is 2. The van der Waals surface area contributed by atoms with Gasteiger partial charge >= 0.3 is 5.97 Å². The second-order valence-corrected chi connectivity index (χ2v) is 4.77. The number of fused-ring (bicyclic) bond motifs is 1. The van der Waals surface area contributed by atoms with Crippen molar-refractivity contribution in [2.24, 2.45) is 0 Å². The number of nitrogens with zero attached hydrogens (tertiary/aromatic N) is 1. The molecule has 0 atom stereocenters.